The highest BCUT2D eigenvalue weighted by molar-refractivity contribution is 7.98. The predicted octanol–water partition coefficient (Wildman–Crippen LogP) is 3.06. The normalized spacial score (nSPS) is 16.3. The molecule has 128 valence electrons. The lowest BCUT2D eigenvalue weighted by molar-refractivity contribution is 0.385. The summed E-state index contributed by atoms with van der Waals surface area (Å²) in [5.41, 5.74) is 0.915. The van der Waals surface area contributed by atoms with E-state index in [2.05, 4.69) is 4.90 Å². The van der Waals surface area contributed by atoms with Gasteiger partial charge in [-0.05, 0) is 54.8 Å². The minimum atomic E-state index is -3.46. The fourth-order valence-corrected chi connectivity index (χ4v) is 4.57. The van der Waals surface area contributed by atoms with E-state index in [1.807, 2.05) is 18.4 Å². The molecule has 1 fully saturated rings. The van der Waals surface area contributed by atoms with Gasteiger partial charge in [0.05, 0.1) is 4.90 Å². The topological polar surface area (TPSA) is 40.6 Å². The van der Waals surface area contributed by atoms with Crippen LogP contribution in [-0.2, 0) is 10.0 Å². The lowest BCUT2D eigenvalue weighted by Gasteiger charge is -2.35. The number of hydrogen-bond acceptors (Lipinski definition) is 4. The molecule has 0 aromatic heterocycles. The molecule has 0 aliphatic carbocycles. The van der Waals surface area contributed by atoms with E-state index in [0.29, 0.717) is 31.1 Å². The van der Waals surface area contributed by atoms with Gasteiger partial charge in [-0.15, -0.1) is 11.8 Å². The summed E-state index contributed by atoms with van der Waals surface area (Å²) >= 11 is 1.58. The summed E-state index contributed by atoms with van der Waals surface area (Å²) in [6.45, 7) is 2.02. The van der Waals surface area contributed by atoms with Gasteiger partial charge in [-0.25, -0.2) is 12.8 Å². The maximum atomic E-state index is 13.0. The van der Waals surface area contributed by atoms with Gasteiger partial charge in [0.25, 0.3) is 0 Å². The molecule has 2 aromatic carbocycles. The standard InChI is InChI=1S/C17H19FN2O2S2/c1-23-16-6-8-17(9-7-16)24(21,22)20-12-10-19(11-13-20)15-4-2-14(18)3-5-15/h2-9H,10-13H2,1H3. The quantitative estimate of drug-likeness (QED) is 0.780. The third kappa shape index (κ3) is 3.58. The molecule has 1 saturated heterocycles. The van der Waals surface area contributed by atoms with Crippen molar-refractivity contribution in [1.29, 1.82) is 0 Å². The fraction of sp³-hybridized carbons (Fsp3) is 0.294. The van der Waals surface area contributed by atoms with Crippen molar-refractivity contribution in [1.82, 2.24) is 4.31 Å². The molecule has 0 saturated carbocycles. The van der Waals surface area contributed by atoms with E-state index < -0.39 is 10.0 Å². The second-order valence-corrected chi connectivity index (χ2v) is 8.36. The van der Waals surface area contributed by atoms with Crippen molar-refractivity contribution in [2.45, 2.75) is 9.79 Å². The Bertz CT molecular complexity index is 784. The SMILES string of the molecule is CSc1ccc(S(=O)(=O)N2CCN(c3ccc(F)cc3)CC2)cc1. The van der Waals surface area contributed by atoms with Gasteiger partial charge >= 0.3 is 0 Å². The van der Waals surface area contributed by atoms with Gasteiger partial charge in [0.1, 0.15) is 5.82 Å². The Morgan fingerprint density at radius 3 is 2.04 bits per heavy atom. The van der Waals surface area contributed by atoms with Crippen LogP contribution in [0.3, 0.4) is 0 Å². The van der Waals surface area contributed by atoms with Gasteiger partial charge < -0.3 is 4.90 Å². The van der Waals surface area contributed by atoms with Crippen LogP contribution in [-0.4, -0.2) is 45.2 Å². The molecule has 3 rings (SSSR count). The number of benzene rings is 2. The lowest BCUT2D eigenvalue weighted by atomic mass is 10.2. The number of anilines is 1. The lowest BCUT2D eigenvalue weighted by Crippen LogP contribution is -2.48. The number of sulfonamides is 1. The highest BCUT2D eigenvalue weighted by Crippen LogP contribution is 2.23. The fourth-order valence-electron chi connectivity index (χ4n) is 2.74. The average Bonchev–Trinajstić information content (AvgIpc) is 2.62. The van der Waals surface area contributed by atoms with Gasteiger partial charge in [-0.3, -0.25) is 0 Å². The predicted molar refractivity (Wildman–Crippen MR) is 95.6 cm³/mol. The molecule has 2 aromatic rings. The first-order valence-corrected chi connectivity index (χ1v) is 10.3. The van der Waals surface area contributed by atoms with Gasteiger partial charge in [0, 0.05) is 36.8 Å². The number of hydrogen-bond donors (Lipinski definition) is 0. The molecule has 1 aliphatic rings. The highest BCUT2D eigenvalue weighted by atomic mass is 32.2. The first-order chi connectivity index (χ1) is 11.5. The summed E-state index contributed by atoms with van der Waals surface area (Å²) in [5, 5.41) is 0. The average molecular weight is 366 g/mol. The Morgan fingerprint density at radius 2 is 1.50 bits per heavy atom. The minimum Gasteiger partial charge on any atom is -0.369 e. The molecule has 4 nitrogen and oxygen atoms in total. The van der Waals surface area contributed by atoms with Crippen molar-refractivity contribution in [3.05, 3.63) is 54.3 Å². The summed E-state index contributed by atoms with van der Waals surface area (Å²) in [7, 11) is -3.46. The van der Waals surface area contributed by atoms with Crippen molar-refractivity contribution < 1.29 is 12.8 Å². The first kappa shape index (κ1) is 17.3. The molecule has 0 amide bonds. The number of nitrogens with zero attached hydrogens (tertiary/aromatic N) is 2. The summed E-state index contributed by atoms with van der Waals surface area (Å²) in [6.07, 6.45) is 1.96. The molecule has 1 aliphatic heterocycles. The number of piperazine rings is 1. The summed E-state index contributed by atoms with van der Waals surface area (Å²) in [5.74, 6) is -0.270. The molecular formula is C17H19FN2O2S2. The Hall–Kier alpha value is -1.57. The zero-order chi connectivity index (χ0) is 17.2. The summed E-state index contributed by atoms with van der Waals surface area (Å²) < 4.78 is 40.0. The zero-order valence-corrected chi connectivity index (χ0v) is 15.0. The second kappa shape index (κ2) is 7.13. The van der Waals surface area contributed by atoms with Crippen LogP contribution in [0.1, 0.15) is 0 Å². The van der Waals surface area contributed by atoms with Gasteiger partial charge in [-0.1, -0.05) is 0 Å². The second-order valence-electron chi connectivity index (χ2n) is 5.54. The van der Waals surface area contributed by atoms with Crippen molar-refractivity contribution in [2.24, 2.45) is 0 Å². The van der Waals surface area contributed by atoms with Gasteiger partial charge in [-0.2, -0.15) is 4.31 Å². The third-order valence-electron chi connectivity index (χ3n) is 4.13. The number of rotatable bonds is 4. The van der Waals surface area contributed by atoms with Crippen molar-refractivity contribution >= 4 is 27.5 Å². The van der Waals surface area contributed by atoms with E-state index in [4.69, 9.17) is 0 Å². The molecule has 0 bridgehead atoms. The van der Waals surface area contributed by atoms with Crippen LogP contribution in [0.2, 0.25) is 0 Å². The smallest absolute Gasteiger partial charge is 0.243 e. The minimum absolute atomic E-state index is 0.270. The van der Waals surface area contributed by atoms with Crippen molar-refractivity contribution in [3.63, 3.8) is 0 Å². The van der Waals surface area contributed by atoms with Crippen LogP contribution in [0.4, 0.5) is 10.1 Å². The Kier molecular flexibility index (Phi) is 5.12. The maximum Gasteiger partial charge on any atom is 0.243 e. The van der Waals surface area contributed by atoms with Crippen molar-refractivity contribution in [2.75, 3.05) is 37.3 Å². The van der Waals surface area contributed by atoms with Crippen LogP contribution in [0.15, 0.2) is 58.3 Å². The Balaban J connectivity index is 1.69. The third-order valence-corrected chi connectivity index (χ3v) is 6.78. The molecular weight excluding hydrogens is 347 g/mol. The van der Waals surface area contributed by atoms with Crippen LogP contribution >= 0.6 is 11.8 Å². The van der Waals surface area contributed by atoms with E-state index in [1.165, 1.54) is 16.4 Å². The van der Waals surface area contributed by atoms with E-state index in [9.17, 15) is 12.8 Å². The molecule has 0 radical (unpaired) electrons. The summed E-state index contributed by atoms with van der Waals surface area (Å²) in [4.78, 5) is 3.44. The van der Waals surface area contributed by atoms with E-state index in [1.54, 1.807) is 36.0 Å². The first-order valence-electron chi connectivity index (χ1n) is 7.65. The number of thioether (sulfide) groups is 1. The van der Waals surface area contributed by atoms with E-state index in [0.717, 1.165) is 10.6 Å². The monoisotopic (exact) mass is 366 g/mol. The Morgan fingerprint density at radius 1 is 0.917 bits per heavy atom. The largest absolute Gasteiger partial charge is 0.369 e. The van der Waals surface area contributed by atoms with Crippen LogP contribution in [0.25, 0.3) is 0 Å². The van der Waals surface area contributed by atoms with Crippen LogP contribution in [0, 0.1) is 5.82 Å². The van der Waals surface area contributed by atoms with Crippen LogP contribution < -0.4 is 4.90 Å². The van der Waals surface area contributed by atoms with Gasteiger partial charge in [0.15, 0.2) is 0 Å². The van der Waals surface area contributed by atoms with Crippen LogP contribution in [0.5, 0.6) is 0 Å². The molecule has 1 heterocycles. The Labute approximate surface area is 146 Å². The zero-order valence-electron chi connectivity index (χ0n) is 13.4. The highest BCUT2D eigenvalue weighted by Gasteiger charge is 2.28. The molecule has 24 heavy (non-hydrogen) atoms. The molecule has 0 unspecified atom stereocenters. The molecule has 0 N–H and O–H groups in total. The summed E-state index contributed by atoms with van der Waals surface area (Å²) in [6, 6.07) is 13.3. The molecule has 7 heteroatoms. The van der Waals surface area contributed by atoms with E-state index in [-0.39, 0.29) is 5.82 Å². The molecule has 0 spiro atoms. The van der Waals surface area contributed by atoms with Crippen molar-refractivity contribution in [3.8, 4) is 0 Å². The van der Waals surface area contributed by atoms with E-state index >= 15 is 0 Å². The van der Waals surface area contributed by atoms with Gasteiger partial charge in [0.2, 0.25) is 10.0 Å². The maximum absolute atomic E-state index is 13.0. The molecule has 0 atom stereocenters. The number of halogens is 1.